The van der Waals surface area contributed by atoms with Gasteiger partial charge in [0, 0.05) is 11.1 Å². The first-order valence-corrected chi connectivity index (χ1v) is 9.70. The molecule has 28 heavy (non-hydrogen) atoms. The largest absolute Gasteiger partial charge is 0.323 e. The van der Waals surface area contributed by atoms with Crippen LogP contribution in [-0.2, 0) is 4.79 Å². The van der Waals surface area contributed by atoms with Crippen LogP contribution in [0.25, 0.3) is 5.69 Å². The van der Waals surface area contributed by atoms with Crippen molar-refractivity contribution in [3.8, 4) is 5.69 Å². The van der Waals surface area contributed by atoms with Crippen LogP contribution in [0, 0.1) is 12.7 Å². The van der Waals surface area contributed by atoms with Gasteiger partial charge < -0.3 is 5.32 Å². The number of para-hydroxylation sites is 1. The minimum Gasteiger partial charge on any atom is -0.323 e. The van der Waals surface area contributed by atoms with Gasteiger partial charge >= 0.3 is 0 Å². The molecule has 0 saturated carbocycles. The molecule has 0 saturated heterocycles. The van der Waals surface area contributed by atoms with Gasteiger partial charge in [-0.1, -0.05) is 41.6 Å². The molecule has 0 radical (unpaired) electrons. The van der Waals surface area contributed by atoms with Crippen LogP contribution in [0.15, 0.2) is 64.4 Å². The molecule has 1 aromatic heterocycles. The van der Waals surface area contributed by atoms with E-state index in [-0.39, 0.29) is 17.2 Å². The second-order valence-electron chi connectivity index (χ2n) is 6.08. The molecule has 2 aromatic carbocycles. The van der Waals surface area contributed by atoms with Gasteiger partial charge in [0.05, 0.1) is 16.6 Å². The molecule has 0 spiro atoms. The van der Waals surface area contributed by atoms with E-state index >= 15 is 0 Å². The van der Waals surface area contributed by atoms with Crippen molar-refractivity contribution in [3.05, 3.63) is 81.4 Å². The van der Waals surface area contributed by atoms with Crippen molar-refractivity contribution in [2.24, 2.45) is 0 Å². The molecule has 1 amide bonds. The Morgan fingerprint density at radius 1 is 1.21 bits per heavy atom. The normalized spacial score (nSPS) is 11.9. The molecule has 1 atom stereocenters. The van der Waals surface area contributed by atoms with E-state index in [0.717, 1.165) is 17.3 Å². The molecule has 5 nitrogen and oxygen atoms in total. The molecule has 0 fully saturated rings. The average Bonchev–Trinajstić information content (AvgIpc) is 2.67. The van der Waals surface area contributed by atoms with Crippen LogP contribution in [-0.4, -0.2) is 20.9 Å². The molecule has 3 rings (SSSR count). The number of anilines is 1. The highest BCUT2D eigenvalue weighted by atomic mass is 35.5. The van der Waals surface area contributed by atoms with Gasteiger partial charge in [-0.15, -0.1) is 0 Å². The van der Waals surface area contributed by atoms with Crippen LogP contribution < -0.4 is 10.9 Å². The van der Waals surface area contributed by atoms with E-state index in [1.54, 1.807) is 43.3 Å². The average molecular weight is 418 g/mol. The molecule has 1 N–H and O–H groups in total. The number of nitrogens with one attached hydrogen (secondary N) is 1. The summed E-state index contributed by atoms with van der Waals surface area (Å²) < 4.78 is 14.9. The van der Waals surface area contributed by atoms with Gasteiger partial charge in [-0.25, -0.2) is 4.39 Å². The lowest BCUT2D eigenvalue weighted by atomic mass is 10.2. The van der Waals surface area contributed by atoms with Gasteiger partial charge in [0.2, 0.25) is 5.91 Å². The number of carbonyl (C=O) groups excluding carboxylic acids is 1. The molecule has 1 unspecified atom stereocenters. The van der Waals surface area contributed by atoms with Crippen LogP contribution in [0.4, 0.5) is 10.1 Å². The third-order valence-corrected chi connectivity index (χ3v) is 5.41. The quantitative estimate of drug-likeness (QED) is 0.623. The van der Waals surface area contributed by atoms with E-state index in [4.69, 9.17) is 11.6 Å². The van der Waals surface area contributed by atoms with Crippen molar-refractivity contribution in [1.82, 2.24) is 9.78 Å². The first-order chi connectivity index (χ1) is 13.3. The van der Waals surface area contributed by atoms with Crippen molar-refractivity contribution in [2.45, 2.75) is 24.1 Å². The number of benzene rings is 2. The molecule has 0 aliphatic rings. The van der Waals surface area contributed by atoms with Crippen molar-refractivity contribution >= 4 is 35.0 Å². The number of hydrogen-bond acceptors (Lipinski definition) is 4. The lowest BCUT2D eigenvalue weighted by molar-refractivity contribution is -0.115. The summed E-state index contributed by atoms with van der Waals surface area (Å²) in [6, 6.07) is 14.1. The first kappa shape index (κ1) is 20.1. The Kier molecular flexibility index (Phi) is 6.16. The fourth-order valence-corrected chi connectivity index (χ4v) is 3.37. The van der Waals surface area contributed by atoms with Crippen molar-refractivity contribution in [1.29, 1.82) is 0 Å². The number of nitrogens with zero attached hydrogens (tertiary/aromatic N) is 2. The van der Waals surface area contributed by atoms with Gasteiger partial charge in [-0.2, -0.15) is 9.78 Å². The first-order valence-electron chi connectivity index (χ1n) is 8.44. The van der Waals surface area contributed by atoms with E-state index in [1.165, 1.54) is 22.9 Å². The fraction of sp³-hybridized carbons (Fsp3) is 0.150. The Labute approximate surface area is 170 Å². The van der Waals surface area contributed by atoms with E-state index < -0.39 is 11.1 Å². The number of aromatic nitrogens is 2. The van der Waals surface area contributed by atoms with Gasteiger partial charge in [0.1, 0.15) is 10.8 Å². The van der Waals surface area contributed by atoms with E-state index in [2.05, 4.69) is 10.4 Å². The maximum Gasteiger partial charge on any atom is 0.271 e. The Morgan fingerprint density at radius 3 is 2.68 bits per heavy atom. The predicted octanol–water partition coefficient (Wildman–Crippen LogP) is 4.45. The fourth-order valence-electron chi connectivity index (χ4n) is 2.39. The van der Waals surface area contributed by atoms with Crippen molar-refractivity contribution in [3.63, 3.8) is 0 Å². The highest BCUT2D eigenvalue weighted by Crippen LogP contribution is 2.23. The third kappa shape index (κ3) is 4.61. The van der Waals surface area contributed by atoms with Crippen molar-refractivity contribution in [2.75, 3.05) is 5.32 Å². The molecule has 3 aromatic rings. The molecular formula is C20H17ClFN3O2S. The number of aryl methyl sites for hydroxylation is 1. The minimum atomic E-state index is -0.556. The number of hydrogen-bond donors (Lipinski definition) is 1. The Bertz CT molecular complexity index is 1090. The predicted molar refractivity (Wildman–Crippen MR) is 110 cm³/mol. The minimum absolute atomic E-state index is 0.118. The molecule has 0 bridgehead atoms. The SMILES string of the molecule is Cc1ccc(-n2nc(SC(C)C(=O)Nc3ccccc3F)ccc2=O)cc1Cl. The Morgan fingerprint density at radius 2 is 1.96 bits per heavy atom. The van der Waals surface area contributed by atoms with E-state index in [9.17, 15) is 14.0 Å². The van der Waals surface area contributed by atoms with E-state index in [1.807, 2.05) is 6.92 Å². The monoisotopic (exact) mass is 417 g/mol. The van der Waals surface area contributed by atoms with Crippen LogP contribution in [0.1, 0.15) is 12.5 Å². The van der Waals surface area contributed by atoms with Gasteiger partial charge in [0.15, 0.2) is 0 Å². The zero-order chi connectivity index (χ0) is 20.3. The highest BCUT2D eigenvalue weighted by molar-refractivity contribution is 8.00. The number of rotatable bonds is 5. The van der Waals surface area contributed by atoms with Crippen LogP contribution >= 0.6 is 23.4 Å². The number of thioether (sulfide) groups is 1. The molecule has 1 heterocycles. The molecule has 0 aliphatic carbocycles. The Hall–Kier alpha value is -2.64. The number of halogens is 2. The maximum absolute atomic E-state index is 13.7. The summed E-state index contributed by atoms with van der Waals surface area (Å²) >= 11 is 7.30. The highest BCUT2D eigenvalue weighted by Gasteiger charge is 2.17. The second kappa shape index (κ2) is 8.58. The summed E-state index contributed by atoms with van der Waals surface area (Å²) in [5, 5.41) is 7.32. The lowest BCUT2D eigenvalue weighted by Crippen LogP contribution is -2.24. The van der Waals surface area contributed by atoms with Crippen LogP contribution in [0.2, 0.25) is 5.02 Å². The van der Waals surface area contributed by atoms with Gasteiger partial charge in [0.25, 0.3) is 5.56 Å². The smallest absolute Gasteiger partial charge is 0.271 e. The topological polar surface area (TPSA) is 64.0 Å². The van der Waals surface area contributed by atoms with Gasteiger partial charge in [-0.3, -0.25) is 9.59 Å². The van der Waals surface area contributed by atoms with Crippen LogP contribution in [0.3, 0.4) is 0 Å². The lowest BCUT2D eigenvalue weighted by Gasteiger charge is -2.13. The zero-order valence-electron chi connectivity index (χ0n) is 15.1. The van der Waals surface area contributed by atoms with Gasteiger partial charge in [-0.05, 0) is 49.7 Å². The summed E-state index contributed by atoms with van der Waals surface area (Å²) in [5.41, 5.74) is 1.23. The third-order valence-electron chi connectivity index (χ3n) is 3.97. The molecule has 0 aliphatic heterocycles. The molecule has 144 valence electrons. The molecule has 8 heteroatoms. The van der Waals surface area contributed by atoms with Crippen molar-refractivity contribution < 1.29 is 9.18 Å². The number of amides is 1. The number of carbonyl (C=O) groups is 1. The summed E-state index contributed by atoms with van der Waals surface area (Å²) in [4.78, 5) is 24.6. The summed E-state index contributed by atoms with van der Waals surface area (Å²) in [6.45, 7) is 3.55. The summed E-state index contributed by atoms with van der Waals surface area (Å²) in [5.74, 6) is -0.871. The summed E-state index contributed by atoms with van der Waals surface area (Å²) in [7, 11) is 0. The maximum atomic E-state index is 13.7. The summed E-state index contributed by atoms with van der Waals surface area (Å²) in [6.07, 6.45) is 0. The Balaban J connectivity index is 1.79. The second-order valence-corrected chi connectivity index (χ2v) is 7.85. The standard InChI is InChI=1S/C20H17ClFN3O2S/c1-12-7-8-14(11-15(12)21)25-19(26)10-9-18(24-25)28-13(2)20(27)23-17-6-4-3-5-16(17)22/h3-11,13H,1-2H3,(H,23,27). The van der Waals surface area contributed by atoms with Crippen LogP contribution in [0.5, 0.6) is 0 Å². The zero-order valence-corrected chi connectivity index (χ0v) is 16.7. The van der Waals surface area contributed by atoms with E-state index in [0.29, 0.717) is 15.7 Å². The molecular weight excluding hydrogens is 401 g/mol.